The molecule has 0 unspecified atom stereocenters. The number of nitrogens with two attached hydrogens (primary N) is 2. The number of anilines is 1. The Morgan fingerprint density at radius 1 is 1.11 bits per heavy atom. The van der Waals surface area contributed by atoms with Crippen molar-refractivity contribution in [2.45, 2.75) is 45.3 Å². The second kappa shape index (κ2) is 7.87. The molecular weight excluding hydrogens is 358 g/mol. The van der Waals surface area contributed by atoms with Gasteiger partial charge in [-0.2, -0.15) is 0 Å². The highest BCUT2D eigenvalue weighted by atomic mass is 28.4. The minimum Gasteiger partial charge on any atom is -0.542 e. The smallest absolute Gasteiger partial charge is 0.250 e. The van der Waals surface area contributed by atoms with E-state index in [0.717, 1.165) is 0 Å². The molecule has 0 fully saturated rings. The lowest BCUT2D eigenvalue weighted by atomic mass is 10.2. The molecule has 0 saturated carbocycles. The molecule has 0 aliphatic carbocycles. The highest BCUT2D eigenvalue weighted by molar-refractivity contribution is 6.74. The van der Waals surface area contributed by atoms with E-state index in [9.17, 15) is 4.79 Å². The average Bonchev–Trinajstić information content (AvgIpc) is 2.53. The number of rotatable bonds is 6. The van der Waals surface area contributed by atoms with Crippen molar-refractivity contribution in [3.63, 3.8) is 0 Å². The Labute approximate surface area is 161 Å². The number of nitrogens with zero attached hydrogens (tertiary/aromatic N) is 3. The second-order valence-electron chi connectivity index (χ2n) is 7.88. The maximum atomic E-state index is 11.0. The molecular formula is C19H27N5O2Si. The number of primary amides is 1. The van der Waals surface area contributed by atoms with Gasteiger partial charge >= 0.3 is 0 Å². The molecule has 4 N–H and O–H groups in total. The molecule has 0 aliphatic rings. The third-order valence-corrected chi connectivity index (χ3v) is 8.96. The highest BCUT2D eigenvalue weighted by Gasteiger charge is 2.39. The quantitative estimate of drug-likeness (QED) is 0.563. The van der Waals surface area contributed by atoms with Gasteiger partial charge in [0.15, 0.2) is 5.82 Å². The Kier molecular flexibility index (Phi) is 6.00. The van der Waals surface area contributed by atoms with Gasteiger partial charge in [-0.15, -0.1) is 10.2 Å². The molecule has 0 saturated heterocycles. The molecule has 1 heterocycles. The summed E-state index contributed by atoms with van der Waals surface area (Å²) in [5.74, 6) is 0.429. The van der Waals surface area contributed by atoms with Crippen LogP contribution in [0.2, 0.25) is 18.1 Å². The van der Waals surface area contributed by atoms with Gasteiger partial charge in [0.2, 0.25) is 5.91 Å². The zero-order valence-electron chi connectivity index (χ0n) is 16.5. The largest absolute Gasteiger partial charge is 0.542 e. The molecule has 0 atom stereocenters. The van der Waals surface area contributed by atoms with Gasteiger partial charge in [0.25, 0.3) is 8.32 Å². The van der Waals surface area contributed by atoms with Gasteiger partial charge in [0, 0.05) is 0 Å². The summed E-state index contributed by atoms with van der Waals surface area (Å²) < 4.78 is 6.37. The van der Waals surface area contributed by atoms with Crippen LogP contribution < -0.4 is 15.9 Å². The number of amides is 1. The molecule has 0 spiro atoms. The van der Waals surface area contributed by atoms with E-state index < -0.39 is 14.2 Å². The summed E-state index contributed by atoms with van der Waals surface area (Å²) in [6, 6.07) is 10.9. The number of aromatic nitrogens is 1. The molecule has 8 heteroatoms. The van der Waals surface area contributed by atoms with Gasteiger partial charge in [-0.05, 0) is 42.4 Å². The SMILES string of the molecule is CC(C)(C)[Si](C)(C)Oc1ccccc1N=Nc1ccc(CC(N)=O)nc1N. The third kappa shape index (κ3) is 5.37. The molecule has 0 bridgehead atoms. The van der Waals surface area contributed by atoms with Crippen LogP contribution in [-0.2, 0) is 11.2 Å². The minimum absolute atomic E-state index is 0.0325. The topological polar surface area (TPSA) is 116 Å². The number of pyridine rings is 1. The molecule has 0 aliphatic heterocycles. The predicted molar refractivity (Wildman–Crippen MR) is 110 cm³/mol. The van der Waals surface area contributed by atoms with Crippen molar-refractivity contribution in [1.82, 2.24) is 4.98 Å². The van der Waals surface area contributed by atoms with E-state index in [-0.39, 0.29) is 17.3 Å². The van der Waals surface area contributed by atoms with Crippen molar-refractivity contribution in [2.75, 3.05) is 5.73 Å². The number of hydrogen-bond acceptors (Lipinski definition) is 6. The molecule has 2 rings (SSSR count). The van der Waals surface area contributed by atoms with Crippen LogP contribution in [0.5, 0.6) is 5.75 Å². The van der Waals surface area contributed by atoms with E-state index in [0.29, 0.717) is 22.8 Å². The van der Waals surface area contributed by atoms with Crippen LogP contribution in [0, 0.1) is 0 Å². The first-order valence-electron chi connectivity index (χ1n) is 8.73. The van der Waals surface area contributed by atoms with Gasteiger partial charge in [-0.25, -0.2) is 4.98 Å². The first-order chi connectivity index (χ1) is 12.5. The zero-order valence-corrected chi connectivity index (χ0v) is 17.5. The van der Waals surface area contributed by atoms with Crippen LogP contribution in [0.25, 0.3) is 0 Å². The number of hydrogen-bond donors (Lipinski definition) is 2. The lowest BCUT2D eigenvalue weighted by molar-refractivity contribution is -0.117. The Morgan fingerprint density at radius 3 is 2.33 bits per heavy atom. The summed E-state index contributed by atoms with van der Waals surface area (Å²) in [4.78, 5) is 15.1. The van der Waals surface area contributed by atoms with E-state index in [1.54, 1.807) is 12.1 Å². The van der Waals surface area contributed by atoms with Crippen LogP contribution in [-0.4, -0.2) is 19.2 Å². The van der Waals surface area contributed by atoms with Gasteiger partial charge in [0.1, 0.15) is 17.1 Å². The van der Waals surface area contributed by atoms with Crippen LogP contribution in [0.1, 0.15) is 26.5 Å². The summed E-state index contributed by atoms with van der Waals surface area (Å²) in [5, 5.41) is 8.58. The molecule has 2 aromatic rings. The Bertz CT molecular complexity index is 859. The Morgan fingerprint density at radius 2 is 1.74 bits per heavy atom. The van der Waals surface area contributed by atoms with E-state index >= 15 is 0 Å². The monoisotopic (exact) mass is 385 g/mol. The molecule has 1 aromatic carbocycles. The summed E-state index contributed by atoms with van der Waals surface area (Å²) in [6.45, 7) is 10.9. The van der Waals surface area contributed by atoms with Crippen LogP contribution in [0.3, 0.4) is 0 Å². The molecule has 7 nitrogen and oxygen atoms in total. The fraction of sp³-hybridized carbons (Fsp3) is 0.368. The maximum Gasteiger partial charge on any atom is 0.250 e. The van der Waals surface area contributed by atoms with Gasteiger partial charge in [-0.3, -0.25) is 4.79 Å². The lowest BCUT2D eigenvalue weighted by Gasteiger charge is -2.36. The van der Waals surface area contributed by atoms with E-state index in [2.05, 4.69) is 49.1 Å². The number of azo groups is 1. The Hall–Kier alpha value is -2.74. The maximum absolute atomic E-state index is 11.0. The van der Waals surface area contributed by atoms with Crippen molar-refractivity contribution in [2.24, 2.45) is 16.0 Å². The fourth-order valence-electron chi connectivity index (χ4n) is 2.03. The lowest BCUT2D eigenvalue weighted by Crippen LogP contribution is -2.43. The van der Waals surface area contributed by atoms with Crippen LogP contribution in [0.15, 0.2) is 46.6 Å². The Balaban J connectivity index is 2.27. The first kappa shape index (κ1) is 20.6. The standard InChI is InChI=1S/C19H27N5O2Si/c1-19(2,3)27(4,5)26-16-9-7-6-8-14(16)23-24-15-11-10-13(12-17(20)25)22-18(15)21/h6-11H,12H2,1-5H3,(H2,20,25)(H2,21,22). The van der Waals surface area contributed by atoms with Crippen molar-refractivity contribution in [3.05, 3.63) is 42.1 Å². The minimum atomic E-state index is -2.00. The molecule has 1 amide bonds. The van der Waals surface area contributed by atoms with Gasteiger partial charge < -0.3 is 15.9 Å². The normalized spacial score (nSPS) is 12.3. The van der Waals surface area contributed by atoms with Gasteiger partial charge in [0.05, 0.1) is 12.1 Å². The van der Waals surface area contributed by atoms with Crippen molar-refractivity contribution >= 4 is 31.4 Å². The number of para-hydroxylation sites is 1. The summed E-state index contributed by atoms with van der Waals surface area (Å²) >= 11 is 0. The van der Waals surface area contributed by atoms with E-state index in [1.807, 2.05) is 24.3 Å². The molecule has 1 aromatic heterocycles. The molecule has 144 valence electrons. The molecule has 0 radical (unpaired) electrons. The number of nitrogen functional groups attached to an aromatic ring is 1. The van der Waals surface area contributed by atoms with E-state index in [1.165, 1.54) is 0 Å². The predicted octanol–water partition coefficient (Wildman–Crippen LogP) is 4.49. The fourth-order valence-corrected chi connectivity index (χ4v) is 3.06. The second-order valence-corrected chi connectivity index (χ2v) is 12.6. The highest BCUT2D eigenvalue weighted by Crippen LogP contribution is 2.40. The number of carbonyl (C=O) groups is 1. The summed E-state index contributed by atoms with van der Waals surface area (Å²) in [5.41, 5.74) is 12.6. The summed E-state index contributed by atoms with van der Waals surface area (Å²) in [6.07, 6.45) is 0.0325. The van der Waals surface area contributed by atoms with Gasteiger partial charge in [-0.1, -0.05) is 32.9 Å². The van der Waals surface area contributed by atoms with Crippen molar-refractivity contribution in [1.29, 1.82) is 0 Å². The van der Waals surface area contributed by atoms with Crippen molar-refractivity contribution < 1.29 is 9.22 Å². The average molecular weight is 386 g/mol. The van der Waals surface area contributed by atoms with Crippen LogP contribution in [0.4, 0.5) is 17.2 Å². The summed E-state index contributed by atoms with van der Waals surface area (Å²) in [7, 11) is -2.00. The van der Waals surface area contributed by atoms with Crippen molar-refractivity contribution in [3.8, 4) is 5.75 Å². The number of carbonyl (C=O) groups excluding carboxylic acids is 1. The van der Waals surface area contributed by atoms with E-state index in [4.69, 9.17) is 15.9 Å². The number of benzene rings is 1. The third-order valence-electron chi connectivity index (χ3n) is 4.62. The van der Waals surface area contributed by atoms with Crippen LogP contribution >= 0.6 is 0 Å². The first-order valence-corrected chi connectivity index (χ1v) is 11.6. The zero-order chi connectivity index (χ0) is 20.2. The molecule has 27 heavy (non-hydrogen) atoms.